The second-order valence-electron chi connectivity index (χ2n) is 6.15. The molecule has 2 fully saturated rings. The summed E-state index contributed by atoms with van der Waals surface area (Å²) >= 11 is 1.67. The molecule has 0 bridgehead atoms. The lowest BCUT2D eigenvalue weighted by Gasteiger charge is -2.29. The Labute approximate surface area is 132 Å². The monoisotopic (exact) mass is 326 g/mol. The lowest BCUT2D eigenvalue weighted by atomic mass is 9.98. The van der Waals surface area contributed by atoms with Gasteiger partial charge in [0, 0.05) is 33.7 Å². The standard InChI is InChI=1S/C15H22N2O2S2/c1-11(10-21(2)19)17-13(12-6-5-9-20-12)16-15(14(17)18)7-3-4-8-15/h5-6,9,11,13,16H,3-4,7-8,10H2,1-2H3. The molecule has 3 rings (SSSR count). The zero-order valence-corrected chi connectivity index (χ0v) is 14.1. The molecule has 1 N–H and O–H groups in total. The number of hydrogen-bond acceptors (Lipinski definition) is 4. The van der Waals surface area contributed by atoms with Crippen molar-refractivity contribution in [2.45, 2.75) is 50.4 Å². The third-order valence-electron chi connectivity index (χ3n) is 4.56. The lowest BCUT2D eigenvalue weighted by molar-refractivity contribution is -0.134. The maximum absolute atomic E-state index is 13.0. The first kappa shape index (κ1) is 15.2. The zero-order valence-electron chi connectivity index (χ0n) is 12.5. The summed E-state index contributed by atoms with van der Waals surface area (Å²) in [7, 11) is -0.900. The molecule has 3 atom stereocenters. The second kappa shape index (κ2) is 5.82. The van der Waals surface area contributed by atoms with E-state index in [9.17, 15) is 9.00 Å². The molecule has 1 saturated heterocycles. The molecule has 1 aromatic rings. The highest BCUT2D eigenvalue weighted by Crippen LogP contribution is 2.42. The Bertz CT molecular complexity index is 538. The number of thiophene rings is 1. The summed E-state index contributed by atoms with van der Waals surface area (Å²) in [5.41, 5.74) is -0.377. The van der Waals surface area contributed by atoms with Crippen LogP contribution in [0.5, 0.6) is 0 Å². The molecule has 1 spiro atoms. The van der Waals surface area contributed by atoms with Crippen LogP contribution in [0.25, 0.3) is 0 Å². The van der Waals surface area contributed by atoms with E-state index in [1.807, 2.05) is 23.3 Å². The van der Waals surface area contributed by atoms with Crippen LogP contribution in [0.2, 0.25) is 0 Å². The van der Waals surface area contributed by atoms with E-state index < -0.39 is 10.8 Å². The van der Waals surface area contributed by atoms with Crippen LogP contribution >= 0.6 is 11.3 Å². The quantitative estimate of drug-likeness (QED) is 0.923. The molecule has 1 saturated carbocycles. The van der Waals surface area contributed by atoms with Gasteiger partial charge in [-0.25, -0.2) is 0 Å². The van der Waals surface area contributed by atoms with Gasteiger partial charge in [-0.2, -0.15) is 0 Å². The molecule has 21 heavy (non-hydrogen) atoms. The van der Waals surface area contributed by atoms with Crippen molar-refractivity contribution in [2.24, 2.45) is 0 Å². The highest BCUT2D eigenvalue weighted by molar-refractivity contribution is 7.84. The Morgan fingerprint density at radius 1 is 1.52 bits per heavy atom. The minimum atomic E-state index is -0.900. The SMILES string of the molecule is CC(CS(C)=O)N1C(=O)C2(CCCC2)NC1c1cccs1. The topological polar surface area (TPSA) is 49.4 Å². The normalized spacial score (nSPS) is 27.4. The predicted molar refractivity (Wildman–Crippen MR) is 86.6 cm³/mol. The van der Waals surface area contributed by atoms with Gasteiger partial charge in [0.2, 0.25) is 5.91 Å². The van der Waals surface area contributed by atoms with Crippen molar-refractivity contribution in [3.8, 4) is 0 Å². The summed E-state index contributed by atoms with van der Waals surface area (Å²) < 4.78 is 11.6. The van der Waals surface area contributed by atoms with Crippen LogP contribution < -0.4 is 5.32 Å². The van der Waals surface area contributed by atoms with Gasteiger partial charge in [0.15, 0.2) is 0 Å². The molecule has 2 heterocycles. The van der Waals surface area contributed by atoms with Gasteiger partial charge in [-0.15, -0.1) is 11.3 Å². The molecule has 0 aromatic carbocycles. The first-order valence-electron chi connectivity index (χ1n) is 7.47. The third kappa shape index (κ3) is 2.69. The molecular formula is C15H22N2O2S2. The molecule has 1 aliphatic carbocycles. The van der Waals surface area contributed by atoms with Crippen molar-refractivity contribution in [1.82, 2.24) is 10.2 Å². The molecule has 0 radical (unpaired) electrons. The van der Waals surface area contributed by atoms with Crippen LogP contribution in [-0.4, -0.2) is 38.6 Å². The van der Waals surface area contributed by atoms with Crippen molar-refractivity contribution in [3.05, 3.63) is 22.4 Å². The predicted octanol–water partition coefficient (Wildman–Crippen LogP) is 2.26. The van der Waals surface area contributed by atoms with Crippen molar-refractivity contribution in [1.29, 1.82) is 0 Å². The van der Waals surface area contributed by atoms with E-state index >= 15 is 0 Å². The van der Waals surface area contributed by atoms with Crippen LogP contribution in [0, 0.1) is 0 Å². The highest BCUT2D eigenvalue weighted by atomic mass is 32.2. The van der Waals surface area contributed by atoms with Crippen LogP contribution in [0.15, 0.2) is 17.5 Å². The highest BCUT2D eigenvalue weighted by Gasteiger charge is 2.54. The molecular weight excluding hydrogens is 304 g/mol. The summed E-state index contributed by atoms with van der Waals surface area (Å²) in [5, 5.41) is 5.65. The van der Waals surface area contributed by atoms with Crippen molar-refractivity contribution < 1.29 is 9.00 Å². The smallest absolute Gasteiger partial charge is 0.244 e. The maximum atomic E-state index is 13.0. The van der Waals surface area contributed by atoms with Gasteiger partial charge in [-0.05, 0) is 31.2 Å². The second-order valence-corrected chi connectivity index (χ2v) is 8.61. The Morgan fingerprint density at radius 2 is 2.24 bits per heavy atom. The van der Waals surface area contributed by atoms with Gasteiger partial charge in [-0.1, -0.05) is 18.9 Å². The Hall–Kier alpha value is -0.720. The number of nitrogens with one attached hydrogen (secondary N) is 1. The van der Waals surface area contributed by atoms with E-state index in [0.29, 0.717) is 5.75 Å². The first-order chi connectivity index (χ1) is 10.0. The van der Waals surface area contributed by atoms with Gasteiger partial charge in [0.1, 0.15) is 6.17 Å². The van der Waals surface area contributed by atoms with Crippen LogP contribution in [0.4, 0.5) is 0 Å². The van der Waals surface area contributed by atoms with Crippen LogP contribution in [0.3, 0.4) is 0 Å². The third-order valence-corrected chi connectivity index (χ3v) is 6.43. The van der Waals surface area contributed by atoms with Crippen molar-refractivity contribution in [2.75, 3.05) is 12.0 Å². The molecule has 2 aliphatic rings. The summed E-state index contributed by atoms with van der Waals surface area (Å²) in [6.07, 6.45) is 5.71. The Kier molecular flexibility index (Phi) is 4.21. The van der Waals surface area contributed by atoms with E-state index in [4.69, 9.17) is 0 Å². The fourth-order valence-corrected chi connectivity index (χ4v) is 5.24. The largest absolute Gasteiger partial charge is 0.317 e. The van der Waals surface area contributed by atoms with Gasteiger partial charge >= 0.3 is 0 Å². The lowest BCUT2D eigenvalue weighted by Crippen LogP contribution is -2.46. The number of amides is 1. The molecule has 4 nitrogen and oxygen atoms in total. The average molecular weight is 326 g/mol. The van der Waals surface area contributed by atoms with Gasteiger partial charge in [0.05, 0.1) is 5.54 Å². The van der Waals surface area contributed by atoms with E-state index in [0.717, 1.165) is 25.7 Å². The van der Waals surface area contributed by atoms with E-state index in [-0.39, 0.29) is 23.7 Å². The molecule has 6 heteroatoms. The number of carbonyl (C=O) groups excluding carboxylic acids is 1. The minimum absolute atomic E-state index is 0.0112. The number of nitrogens with zero attached hydrogens (tertiary/aromatic N) is 1. The zero-order chi connectivity index (χ0) is 15.0. The molecule has 1 aromatic heterocycles. The van der Waals surface area contributed by atoms with E-state index in [1.54, 1.807) is 17.6 Å². The Balaban J connectivity index is 1.92. The number of carbonyl (C=O) groups is 1. The number of hydrogen-bond donors (Lipinski definition) is 1. The van der Waals surface area contributed by atoms with Crippen LogP contribution in [-0.2, 0) is 15.6 Å². The van der Waals surface area contributed by atoms with Crippen molar-refractivity contribution >= 4 is 28.0 Å². The fourth-order valence-electron chi connectivity index (χ4n) is 3.62. The first-order valence-corrected chi connectivity index (χ1v) is 10.1. The summed E-state index contributed by atoms with van der Waals surface area (Å²) in [4.78, 5) is 16.1. The van der Waals surface area contributed by atoms with Gasteiger partial charge < -0.3 is 4.90 Å². The molecule has 1 amide bonds. The number of rotatable bonds is 4. The summed E-state index contributed by atoms with van der Waals surface area (Å²) in [6, 6.07) is 4.08. The van der Waals surface area contributed by atoms with E-state index in [2.05, 4.69) is 11.4 Å². The molecule has 1 aliphatic heterocycles. The average Bonchev–Trinajstić information content (AvgIpc) is 3.13. The summed E-state index contributed by atoms with van der Waals surface area (Å²) in [6.45, 7) is 2.01. The van der Waals surface area contributed by atoms with Crippen molar-refractivity contribution in [3.63, 3.8) is 0 Å². The van der Waals surface area contributed by atoms with Gasteiger partial charge in [0.25, 0.3) is 0 Å². The Morgan fingerprint density at radius 3 is 2.81 bits per heavy atom. The molecule has 3 unspecified atom stereocenters. The summed E-state index contributed by atoms with van der Waals surface area (Å²) in [5.74, 6) is 0.738. The molecule has 116 valence electrons. The fraction of sp³-hybridized carbons (Fsp3) is 0.667. The van der Waals surface area contributed by atoms with Crippen LogP contribution in [0.1, 0.15) is 43.6 Å². The maximum Gasteiger partial charge on any atom is 0.244 e. The minimum Gasteiger partial charge on any atom is -0.317 e. The van der Waals surface area contributed by atoms with E-state index in [1.165, 1.54) is 4.88 Å². The van der Waals surface area contributed by atoms with Gasteiger partial charge in [-0.3, -0.25) is 14.3 Å².